The molecule has 14 rings (SSSR count). The molecule has 1 aliphatic heterocycles. The van der Waals surface area contributed by atoms with E-state index in [4.69, 9.17) is 14.4 Å². The van der Waals surface area contributed by atoms with E-state index in [2.05, 4.69) is 224 Å². The molecule has 1 atom stereocenters. The zero-order chi connectivity index (χ0) is 44.9. The fourth-order valence-corrected chi connectivity index (χ4v) is 11.9. The van der Waals surface area contributed by atoms with Gasteiger partial charge in [-0.2, -0.15) is 0 Å². The number of aliphatic imine (C=N–C) groups is 2. The minimum atomic E-state index is 0.0130. The molecule has 0 amide bonds. The second kappa shape index (κ2) is 15.3. The van der Waals surface area contributed by atoms with Crippen LogP contribution in [0.25, 0.3) is 108 Å². The molecule has 0 bridgehead atoms. The van der Waals surface area contributed by atoms with Gasteiger partial charge in [-0.3, -0.25) is 0 Å². The largest absolute Gasteiger partial charge is 0.456 e. The number of fused-ring (bicyclic) bond motifs is 12. The van der Waals surface area contributed by atoms with Gasteiger partial charge in [0.2, 0.25) is 0 Å². The van der Waals surface area contributed by atoms with Crippen molar-refractivity contribution in [3.63, 3.8) is 0 Å². The van der Waals surface area contributed by atoms with Crippen molar-refractivity contribution in [1.82, 2.24) is 4.57 Å². The first-order valence-electron chi connectivity index (χ1n) is 23.4. The van der Waals surface area contributed by atoms with E-state index in [9.17, 15) is 0 Å². The topological polar surface area (TPSA) is 42.8 Å². The molecule has 1 unspecified atom stereocenters. The first-order valence-corrected chi connectivity index (χ1v) is 24.2. The number of benzene rings is 10. The summed E-state index contributed by atoms with van der Waals surface area (Å²) in [5.41, 5.74) is 12.3. The van der Waals surface area contributed by atoms with Gasteiger partial charge in [-0.05, 0) is 87.6 Å². The Morgan fingerprint density at radius 1 is 0.471 bits per heavy atom. The monoisotopic (exact) mass is 887 g/mol. The third kappa shape index (κ3) is 6.20. The smallest absolute Gasteiger partial charge is 0.160 e. The molecular formula is C63H41N3OS. The van der Waals surface area contributed by atoms with Crippen molar-refractivity contribution in [2.75, 3.05) is 0 Å². The molecule has 0 saturated carbocycles. The quantitative estimate of drug-likeness (QED) is 0.170. The highest BCUT2D eigenvalue weighted by molar-refractivity contribution is 7.25. The van der Waals surface area contributed by atoms with Crippen LogP contribution in [0.5, 0.6) is 0 Å². The Bertz CT molecular complexity index is 4310. The van der Waals surface area contributed by atoms with Gasteiger partial charge in [0.25, 0.3) is 0 Å². The molecule has 0 fully saturated rings. The summed E-state index contributed by atoms with van der Waals surface area (Å²) in [6, 6.07) is 74.4. The lowest BCUT2D eigenvalue weighted by Gasteiger charge is -2.20. The molecule has 0 radical (unpaired) electrons. The van der Waals surface area contributed by atoms with Crippen molar-refractivity contribution < 1.29 is 4.42 Å². The van der Waals surface area contributed by atoms with Gasteiger partial charge in [-0.25, -0.2) is 9.98 Å². The van der Waals surface area contributed by atoms with Crippen LogP contribution in [0.2, 0.25) is 0 Å². The number of hydrogen-bond donors (Lipinski definition) is 0. The molecular weight excluding hydrogens is 847 g/mol. The number of furan rings is 1. The normalized spacial score (nSPS) is 16.9. The summed E-state index contributed by atoms with van der Waals surface area (Å²) in [6.45, 7) is 2.31. The van der Waals surface area contributed by atoms with Gasteiger partial charge in [0.1, 0.15) is 11.2 Å². The lowest BCUT2D eigenvalue weighted by Crippen LogP contribution is -2.18. The Labute approximate surface area is 396 Å². The van der Waals surface area contributed by atoms with Crippen LogP contribution in [0.3, 0.4) is 0 Å². The molecule has 0 N–H and O–H groups in total. The fraction of sp³-hybridized carbons (Fsp3) is 0.0476. The van der Waals surface area contributed by atoms with E-state index in [0.29, 0.717) is 5.84 Å². The van der Waals surface area contributed by atoms with E-state index in [1.54, 1.807) is 0 Å². The number of hydrogen-bond acceptors (Lipinski definition) is 4. The highest BCUT2D eigenvalue weighted by Crippen LogP contribution is 2.43. The van der Waals surface area contributed by atoms with E-state index in [1.165, 1.54) is 58.1 Å². The Hall–Kier alpha value is -8.38. The first-order chi connectivity index (χ1) is 33.6. The summed E-state index contributed by atoms with van der Waals surface area (Å²) < 4.78 is 11.8. The predicted molar refractivity (Wildman–Crippen MR) is 289 cm³/mol. The van der Waals surface area contributed by atoms with Crippen molar-refractivity contribution in [3.8, 4) is 16.8 Å². The van der Waals surface area contributed by atoms with Crippen LogP contribution in [0.4, 0.5) is 0 Å². The zero-order valence-corrected chi connectivity index (χ0v) is 38.0. The summed E-state index contributed by atoms with van der Waals surface area (Å²) in [6.07, 6.45) is 3.06. The summed E-state index contributed by atoms with van der Waals surface area (Å²) in [4.78, 5) is 11.4. The maximum atomic E-state index is 6.88. The van der Waals surface area contributed by atoms with Crippen LogP contribution < -0.4 is 0 Å². The average Bonchev–Trinajstić information content (AvgIpc) is 4.06. The van der Waals surface area contributed by atoms with Crippen LogP contribution in [-0.4, -0.2) is 16.1 Å². The Morgan fingerprint density at radius 2 is 1.19 bits per heavy atom. The van der Waals surface area contributed by atoms with Crippen molar-refractivity contribution in [1.29, 1.82) is 0 Å². The van der Waals surface area contributed by atoms with E-state index < -0.39 is 0 Å². The average molecular weight is 888 g/mol. The summed E-state index contributed by atoms with van der Waals surface area (Å²) in [5.74, 6) is 0.697. The lowest BCUT2D eigenvalue weighted by molar-refractivity contribution is 0.668. The van der Waals surface area contributed by atoms with Crippen molar-refractivity contribution >= 4 is 114 Å². The Balaban J connectivity index is 1.04. The van der Waals surface area contributed by atoms with E-state index in [1.807, 2.05) is 11.3 Å². The molecule has 68 heavy (non-hydrogen) atoms. The number of nitrogens with zero attached hydrogens (tertiary/aromatic N) is 3. The molecule has 3 aromatic heterocycles. The van der Waals surface area contributed by atoms with Crippen LogP contribution in [0, 0.1) is 5.92 Å². The number of para-hydroxylation sites is 1. The SMILES string of the molecule is CC1C/C=C(c2cccc(-c3ccccc3)c2)/N=C(c2ccc3c(c2)sc2ccccc23)\N=C/1c1cc(-n2c3cc4ccccc4cc3c3c4ccccc4ccc32)cc2oc3ccccc3c12. The van der Waals surface area contributed by atoms with Crippen LogP contribution in [-0.2, 0) is 0 Å². The fourth-order valence-electron chi connectivity index (χ4n) is 10.7. The van der Waals surface area contributed by atoms with Gasteiger partial charge in [0.15, 0.2) is 5.84 Å². The summed E-state index contributed by atoms with van der Waals surface area (Å²) in [7, 11) is 0. The molecule has 5 heteroatoms. The van der Waals surface area contributed by atoms with Gasteiger partial charge in [-0.1, -0.05) is 165 Å². The summed E-state index contributed by atoms with van der Waals surface area (Å²) in [5, 5.41) is 12.0. The van der Waals surface area contributed by atoms with Crippen LogP contribution in [0.15, 0.2) is 227 Å². The lowest BCUT2D eigenvalue weighted by atomic mass is 9.90. The van der Waals surface area contributed by atoms with Gasteiger partial charge >= 0.3 is 0 Å². The molecule has 13 aromatic rings. The van der Waals surface area contributed by atoms with Gasteiger partial charge in [0, 0.05) is 70.4 Å². The van der Waals surface area contributed by atoms with E-state index in [-0.39, 0.29) is 5.92 Å². The third-order valence-electron chi connectivity index (χ3n) is 14.0. The highest BCUT2D eigenvalue weighted by Gasteiger charge is 2.26. The van der Waals surface area contributed by atoms with Crippen molar-refractivity contribution in [2.24, 2.45) is 15.9 Å². The van der Waals surface area contributed by atoms with Gasteiger partial charge in [0.05, 0.1) is 28.1 Å². The number of thiophene rings is 1. The first kappa shape index (κ1) is 38.8. The van der Waals surface area contributed by atoms with E-state index in [0.717, 1.165) is 78.7 Å². The Kier molecular flexibility index (Phi) is 8.77. The minimum Gasteiger partial charge on any atom is -0.456 e. The Morgan fingerprint density at radius 3 is 2.07 bits per heavy atom. The summed E-state index contributed by atoms with van der Waals surface area (Å²) >= 11 is 1.82. The van der Waals surface area contributed by atoms with Gasteiger partial charge < -0.3 is 8.98 Å². The molecule has 320 valence electrons. The number of amidine groups is 1. The van der Waals surface area contributed by atoms with Crippen LogP contribution >= 0.6 is 11.3 Å². The zero-order valence-electron chi connectivity index (χ0n) is 37.1. The van der Waals surface area contributed by atoms with E-state index >= 15 is 0 Å². The molecule has 0 aliphatic carbocycles. The molecule has 4 heterocycles. The minimum absolute atomic E-state index is 0.0130. The number of aromatic nitrogens is 1. The maximum absolute atomic E-state index is 6.88. The molecule has 0 saturated heterocycles. The van der Waals surface area contributed by atoms with Crippen LogP contribution in [0.1, 0.15) is 30.0 Å². The molecule has 10 aromatic carbocycles. The predicted octanol–water partition coefficient (Wildman–Crippen LogP) is 17.3. The third-order valence-corrected chi connectivity index (χ3v) is 15.1. The number of allylic oxidation sites excluding steroid dienone is 1. The second-order valence-corrected chi connectivity index (χ2v) is 19.2. The van der Waals surface area contributed by atoms with Crippen molar-refractivity contribution in [3.05, 3.63) is 229 Å². The van der Waals surface area contributed by atoms with Gasteiger partial charge in [-0.15, -0.1) is 11.3 Å². The molecule has 0 spiro atoms. The van der Waals surface area contributed by atoms with Crippen molar-refractivity contribution in [2.45, 2.75) is 13.3 Å². The maximum Gasteiger partial charge on any atom is 0.160 e. The molecule has 1 aliphatic rings. The second-order valence-electron chi connectivity index (χ2n) is 18.1. The molecule has 4 nitrogen and oxygen atoms in total. The number of rotatable bonds is 5. The highest BCUT2D eigenvalue weighted by atomic mass is 32.1. The standard InChI is InChI=1S/C63H41N3OS/c1-38-26-30-53(44-20-13-19-41(32-44)39-14-3-2-4-15-39)64-63(45-27-29-49-48-22-10-12-25-58(48)68-59(49)35-45)65-62(38)52-36-46(37-57-61(52)50-23-9-11-24-56(50)67-57)66-54-31-28-40-16-7-8-21-47(40)60(54)51-33-42-17-5-6-18-43(42)34-55(51)66/h2-25,27-38H,26H2,1H3/b53-30+,64-63-,65-62+.